The summed E-state index contributed by atoms with van der Waals surface area (Å²) in [6.07, 6.45) is 4.34. The normalized spacial score (nSPS) is 11.6. The van der Waals surface area contributed by atoms with Crippen molar-refractivity contribution in [3.05, 3.63) is 89.5 Å². The maximum Gasteiger partial charge on any atom is 0.0607 e. The minimum Gasteiger partial charge on any atom is -0.296 e. The van der Waals surface area contributed by atoms with E-state index < -0.39 is 0 Å². The van der Waals surface area contributed by atoms with Gasteiger partial charge in [-0.05, 0) is 40.9 Å². The number of nitrogens with zero attached hydrogens (tertiary/aromatic N) is 1. The topological polar surface area (TPSA) is 12.9 Å². The van der Waals surface area contributed by atoms with Crippen molar-refractivity contribution in [1.82, 2.24) is 4.98 Å². The van der Waals surface area contributed by atoms with Gasteiger partial charge in [-0.15, -0.1) is 35.4 Å². The summed E-state index contributed by atoms with van der Waals surface area (Å²) < 4.78 is 0. The molecule has 1 aromatic heterocycles. The van der Waals surface area contributed by atoms with Crippen molar-refractivity contribution in [3.8, 4) is 22.4 Å². The van der Waals surface area contributed by atoms with Crippen molar-refractivity contribution in [2.24, 2.45) is 0 Å². The largest absolute Gasteiger partial charge is 0.296 e. The quantitative estimate of drug-likeness (QED) is 0.259. The molecule has 0 fully saturated rings. The molecule has 1 aliphatic rings. The molecule has 1 nitrogen and oxygen atoms in total. The molecule has 5 rings (SSSR count). The molecule has 4 aromatic rings. The third-order valence-electron chi connectivity index (χ3n) is 4.87. The summed E-state index contributed by atoms with van der Waals surface area (Å²) in [5, 5.41) is 1.25. The SMILES string of the molecule is Cc1ccccc1-c1cc[c-]c(-c2cc3c4c(cccc4n2)C=C3)c1.[Ir]. The summed E-state index contributed by atoms with van der Waals surface area (Å²) in [6, 6.07) is 26.6. The van der Waals surface area contributed by atoms with Crippen molar-refractivity contribution < 1.29 is 20.1 Å². The van der Waals surface area contributed by atoms with Crippen LogP contribution in [0.15, 0.2) is 66.7 Å². The summed E-state index contributed by atoms with van der Waals surface area (Å²) in [6.45, 7) is 2.15. The van der Waals surface area contributed by atoms with Gasteiger partial charge in [0.15, 0.2) is 0 Å². The first kappa shape index (κ1) is 16.9. The average molecular weight is 511 g/mol. The van der Waals surface area contributed by atoms with E-state index in [1.807, 2.05) is 6.07 Å². The summed E-state index contributed by atoms with van der Waals surface area (Å²) in [4.78, 5) is 4.89. The molecule has 0 bridgehead atoms. The van der Waals surface area contributed by atoms with Crippen LogP contribution in [-0.2, 0) is 20.1 Å². The molecule has 0 amide bonds. The maximum atomic E-state index is 4.89. The van der Waals surface area contributed by atoms with Crippen LogP contribution in [0.25, 0.3) is 45.4 Å². The van der Waals surface area contributed by atoms with E-state index in [4.69, 9.17) is 4.98 Å². The molecule has 3 aromatic carbocycles. The zero-order chi connectivity index (χ0) is 16.8. The van der Waals surface area contributed by atoms with Crippen molar-refractivity contribution in [2.75, 3.05) is 0 Å². The van der Waals surface area contributed by atoms with E-state index in [9.17, 15) is 0 Å². The zero-order valence-electron chi connectivity index (χ0n) is 14.3. The van der Waals surface area contributed by atoms with Gasteiger partial charge in [-0.2, -0.15) is 0 Å². The number of aryl methyl sites for hydroxylation is 1. The Labute approximate surface area is 166 Å². The predicted octanol–water partition coefficient (Wildman–Crippen LogP) is 6.16. The molecule has 0 N–H and O–H groups in total. The number of hydrogen-bond acceptors (Lipinski definition) is 1. The molecule has 0 spiro atoms. The molecule has 0 saturated heterocycles. The molecule has 0 saturated carbocycles. The fraction of sp³-hybridized carbons (Fsp3) is 0.0417. The molecule has 0 unspecified atom stereocenters. The molecular weight excluding hydrogens is 494 g/mol. The number of aromatic nitrogens is 1. The van der Waals surface area contributed by atoms with E-state index in [2.05, 4.69) is 85.8 Å². The fourth-order valence-corrected chi connectivity index (χ4v) is 3.61. The van der Waals surface area contributed by atoms with Gasteiger partial charge in [0.25, 0.3) is 0 Å². The molecule has 1 aliphatic carbocycles. The fourth-order valence-electron chi connectivity index (χ4n) is 3.61. The third-order valence-corrected chi connectivity index (χ3v) is 4.87. The Morgan fingerprint density at radius 1 is 0.846 bits per heavy atom. The van der Waals surface area contributed by atoms with E-state index in [1.165, 1.54) is 33.2 Å². The van der Waals surface area contributed by atoms with Gasteiger partial charge >= 0.3 is 0 Å². The van der Waals surface area contributed by atoms with Crippen LogP contribution >= 0.6 is 0 Å². The average Bonchev–Trinajstić information content (AvgIpc) is 3.07. The van der Waals surface area contributed by atoms with Gasteiger partial charge in [0.05, 0.1) is 5.52 Å². The van der Waals surface area contributed by atoms with Gasteiger partial charge in [-0.25, -0.2) is 0 Å². The molecule has 1 heterocycles. The van der Waals surface area contributed by atoms with Crippen molar-refractivity contribution in [3.63, 3.8) is 0 Å². The summed E-state index contributed by atoms with van der Waals surface area (Å²) >= 11 is 0. The van der Waals surface area contributed by atoms with Crippen LogP contribution in [0.5, 0.6) is 0 Å². The Hall–Kier alpha value is -2.54. The van der Waals surface area contributed by atoms with Crippen LogP contribution in [0.1, 0.15) is 16.7 Å². The molecular formula is C24H16IrN-. The van der Waals surface area contributed by atoms with E-state index in [1.54, 1.807) is 0 Å². The van der Waals surface area contributed by atoms with Crippen LogP contribution in [-0.4, -0.2) is 4.98 Å². The third kappa shape index (κ3) is 2.72. The van der Waals surface area contributed by atoms with E-state index in [0.717, 1.165) is 16.8 Å². The number of rotatable bonds is 2. The van der Waals surface area contributed by atoms with Crippen LogP contribution in [0.2, 0.25) is 0 Å². The molecule has 0 aliphatic heterocycles. The molecule has 1 radical (unpaired) electrons. The second-order valence-corrected chi connectivity index (χ2v) is 6.48. The minimum atomic E-state index is 0. The Balaban J connectivity index is 0.00000168. The van der Waals surface area contributed by atoms with Crippen LogP contribution in [0, 0.1) is 13.0 Å². The van der Waals surface area contributed by atoms with Gasteiger partial charge in [0.1, 0.15) is 0 Å². The first-order valence-electron chi connectivity index (χ1n) is 8.49. The molecule has 127 valence electrons. The number of benzene rings is 3. The predicted molar refractivity (Wildman–Crippen MR) is 105 cm³/mol. The maximum absolute atomic E-state index is 4.89. The Morgan fingerprint density at radius 3 is 2.58 bits per heavy atom. The first-order chi connectivity index (χ1) is 12.3. The van der Waals surface area contributed by atoms with Crippen molar-refractivity contribution >= 4 is 23.1 Å². The van der Waals surface area contributed by atoms with Crippen LogP contribution in [0.3, 0.4) is 0 Å². The smallest absolute Gasteiger partial charge is 0.0607 e. The van der Waals surface area contributed by atoms with Gasteiger partial charge in [-0.1, -0.05) is 54.6 Å². The van der Waals surface area contributed by atoms with E-state index in [-0.39, 0.29) is 20.1 Å². The Morgan fingerprint density at radius 2 is 1.69 bits per heavy atom. The monoisotopic (exact) mass is 511 g/mol. The van der Waals surface area contributed by atoms with Crippen molar-refractivity contribution in [2.45, 2.75) is 6.92 Å². The summed E-state index contributed by atoms with van der Waals surface area (Å²) in [5.41, 5.74) is 9.28. The Kier molecular flexibility index (Phi) is 4.32. The minimum absolute atomic E-state index is 0. The molecule has 0 atom stereocenters. The number of hydrogen-bond donors (Lipinski definition) is 0. The van der Waals surface area contributed by atoms with Crippen molar-refractivity contribution in [1.29, 1.82) is 0 Å². The summed E-state index contributed by atoms with van der Waals surface area (Å²) in [7, 11) is 0. The van der Waals surface area contributed by atoms with Gasteiger partial charge in [0, 0.05) is 25.5 Å². The Bertz CT molecular complexity index is 1160. The number of pyridine rings is 1. The zero-order valence-corrected chi connectivity index (χ0v) is 16.7. The van der Waals surface area contributed by atoms with Gasteiger partial charge in [-0.3, -0.25) is 4.98 Å². The van der Waals surface area contributed by atoms with Gasteiger partial charge in [0.2, 0.25) is 0 Å². The molecule has 26 heavy (non-hydrogen) atoms. The molecule has 2 heteroatoms. The second-order valence-electron chi connectivity index (χ2n) is 6.48. The first-order valence-corrected chi connectivity index (χ1v) is 8.49. The van der Waals surface area contributed by atoms with Crippen LogP contribution < -0.4 is 0 Å². The van der Waals surface area contributed by atoms with Crippen LogP contribution in [0.4, 0.5) is 0 Å². The summed E-state index contributed by atoms with van der Waals surface area (Å²) in [5.74, 6) is 0. The second kappa shape index (κ2) is 6.64. The standard InChI is InChI=1S/C24H16N.Ir/c1-16-6-2-3-10-21(16)18-8-4-9-19(14-18)23-15-20-13-12-17-7-5-11-22(25-23)24(17)20;/h2-8,10-15H,1H3;/q-1;. The van der Waals surface area contributed by atoms with E-state index >= 15 is 0 Å². The van der Waals surface area contributed by atoms with Gasteiger partial charge < -0.3 is 0 Å². The van der Waals surface area contributed by atoms with E-state index in [0.29, 0.717) is 0 Å².